The van der Waals surface area contributed by atoms with Gasteiger partial charge in [0.2, 0.25) is 0 Å². The Kier molecular flexibility index (Phi) is 2.45. The molecule has 2 aromatic rings. The van der Waals surface area contributed by atoms with Gasteiger partial charge in [0.05, 0.1) is 10.6 Å². The molecule has 0 spiro atoms. The molecule has 5 heteroatoms. The van der Waals surface area contributed by atoms with E-state index in [9.17, 15) is 8.42 Å². The summed E-state index contributed by atoms with van der Waals surface area (Å²) in [5.74, 6) is 0. The van der Waals surface area contributed by atoms with E-state index < -0.39 is 15.1 Å². The molecule has 0 radical (unpaired) electrons. The van der Waals surface area contributed by atoms with Crippen molar-refractivity contribution in [2.75, 3.05) is 11.9 Å². The molecular weight excluding hydrogens is 254 g/mol. The minimum Gasteiger partial charge on any atom is -0.382 e. The van der Waals surface area contributed by atoms with Crippen molar-refractivity contribution in [3.05, 3.63) is 46.7 Å². The van der Waals surface area contributed by atoms with Gasteiger partial charge in [0.25, 0.3) is 0 Å². The number of hydrogen-bond acceptors (Lipinski definition) is 4. The molecule has 0 amide bonds. The molecular formula is C12H11NO2S2. The maximum Gasteiger partial charge on any atom is 0.189 e. The fourth-order valence-electron chi connectivity index (χ4n) is 2.05. The maximum atomic E-state index is 12.5. The van der Waals surface area contributed by atoms with Gasteiger partial charge in [-0.1, -0.05) is 18.2 Å². The summed E-state index contributed by atoms with van der Waals surface area (Å²) in [6, 6.07) is 10.8. The largest absolute Gasteiger partial charge is 0.382 e. The molecule has 1 aromatic heterocycles. The first-order valence-corrected chi connectivity index (χ1v) is 7.72. The molecule has 2 heterocycles. The minimum atomic E-state index is -3.26. The molecule has 1 atom stereocenters. The van der Waals surface area contributed by atoms with E-state index in [-0.39, 0.29) is 0 Å². The summed E-state index contributed by atoms with van der Waals surface area (Å²) in [6.07, 6.45) is 0. The third kappa shape index (κ3) is 1.66. The second-order valence-electron chi connectivity index (χ2n) is 3.93. The number of fused-ring (bicyclic) bond motifs is 1. The zero-order chi connectivity index (χ0) is 11.9. The summed E-state index contributed by atoms with van der Waals surface area (Å²) < 4.78 is 24.9. The zero-order valence-corrected chi connectivity index (χ0v) is 10.6. The smallest absolute Gasteiger partial charge is 0.189 e. The molecule has 0 aliphatic carbocycles. The number of rotatable bonds is 1. The van der Waals surface area contributed by atoms with Crippen LogP contribution in [-0.2, 0) is 9.84 Å². The summed E-state index contributed by atoms with van der Waals surface area (Å²) in [7, 11) is -3.26. The SMILES string of the molecule is O=S1(=O)c2ccccc2NCC1c1cccs1. The van der Waals surface area contributed by atoms with Crippen LogP contribution in [0.3, 0.4) is 0 Å². The van der Waals surface area contributed by atoms with Crippen LogP contribution < -0.4 is 5.32 Å². The van der Waals surface area contributed by atoms with Gasteiger partial charge in [-0.3, -0.25) is 0 Å². The number of para-hydroxylation sites is 1. The normalized spacial score (nSPS) is 21.5. The third-order valence-electron chi connectivity index (χ3n) is 2.91. The van der Waals surface area contributed by atoms with Gasteiger partial charge >= 0.3 is 0 Å². The molecule has 1 unspecified atom stereocenters. The molecule has 0 saturated heterocycles. The minimum absolute atomic E-state index is 0.407. The monoisotopic (exact) mass is 265 g/mol. The first kappa shape index (κ1) is 10.8. The van der Waals surface area contributed by atoms with E-state index in [0.717, 1.165) is 4.88 Å². The van der Waals surface area contributed by atoms with Crippen LogP contribution >= 0.6 is 11.3 Å². The number of benzene rings is 1. The fraction of sp³-hybridized carbons (Fsp3) is 0.167. The Bertz CT molecular complexity index is 632. The summed E-state index contributed by atoms with van der Waals surface area (Å²) in [6.45, 7) is 0.444. The average molecular weight is 265 g/mol. The van der Waals surface area contributed by atoms with Gasteiger partial charge in [-0.25, -0.2) is 8.42 Å². The number of thiophene rings is 1. The molecule has 3 rings (SSSR count). The highest BCUT2D eigenvalue weighted by Gasteiger charge is 2.35. The van der Waals surface area contributed by atoms with Crippen molar-refractivity contribution in [2.24, 2.45) is 0 Å². The Morgan fingerprint density at radius 1 is 1.18 bits per heavy atom. The lowest BCUT2D eigenvalue weighted by molar-refractivity contribution is 0.582. The van der Waals surface area contributed by atoms with Crippen LogP contribution in [0.4, 0.5) is 5.69 Å². The topological polar surface area (TPSA) is 46.2 Å². The lowest BCUT2D eigenvalue weighted by atomic mass is 10.3. The van der Waals surface area contributed by atoms with Crippen molar-refractivity contribution in [1.29, 1.82) is 0 Å². The first-order valence-electron chi connectivity index (χ1n) is 5.30. The predicted molar refractivity (Wildman–Crippen MR) is 69.2 cm³/mol. The Labute approximate surface area is 104 Å². The summed E-state index contributed by atoms with van der Waals surface area (Å²) in [4.78, 5) is 1.30. The van der Waals surface area contributed by atoms with Gasteiger partial charge in [0.1, 0.15) is 5.25 Å². The number of hydrogen-bond donors (Lipinski definition) is 1. The van der Waals surface area contributed by atoms with Crippen molar-refractivity contribution < 1.29 is 8.42 Å². The Morgan fingerprint density at radius 3 is 2.76 bits per heavy atom. The van der Waals surface area contributed by atoms with Crippen LogP contribution in [0, 0.1) is 0 Å². The zero-order valence-electron chi connectivity index (χ0n) is 8.96. The number of sulfone groups is 1. The van der Waals surface area contributed by atoms with Crippen LogP contribution in [0.15, 0.2) is 46.7 Å². The lowest BCUT2D eigenvalue weighted by Gasteiger charge is -2.25. The lowest BCUT2D eigenvalue weighted by Crippen LogP contribution is -2.27. The fourth-order valence-corrected chi connectivity index (χ4v) is 5.02. The molecule has 3 nitrogen and oxygen atoms in total. The second-order valence-corrected chi connectivity index (χ2v) is 7.00. The number of nitrogens with one attached hydrogen (secondary N) is 1. The van der Waals surface area contributed by atoms with Crippen molar-refractivity contribution in [2.45, 2.75) is 10.1 Å². The second kappa shape index (κ2) is 3.85. The van der Waals surface area contributed by atoms with Crippen molar-refractivity contribution in [3.8, 4) is 0 Å². The van der Waals surface area contributed by atoms with Crippen molar-refractivity contribution in [1.82, 2.24) is 0 Å². The van der Waals surface area contributed by atoms with Crippen molar-refractivity contribution in [3.63, 3.8) is 0 Å². The highest BCUT2D eigenvalue weighted by atomic mass is 32.2. The average Bonchev–Trinajstić information content (AvgIpc) is 2.82. The van der Waals surface area contributed by atoms with Gasteiger partial charge < -0.3 is 5.32 Å². The summed E-state index contributed by atoms with van der Waals surface area (Å²) in [5.41, 5.74) is 0.709. The molecule has 0 saturated carbocycles. The van der Waals surface area contributed by atoms with Crippen LogP contribution in [0.25, 0.3) is 0 Å². The van der Waals surface area contributed by atoms with Gasteiger partial charge in [-0.2, -0.15) is 0 Å². The van der Waals surface area contributed by atoms with E-state index in [4.69, 9.17) is 0 Å². The standard InChI is InChI=1S/C12H11NO2S2/c14-17(15)11-6-2-1-4-9(11)13-8-12(17)10-5-3-7-16-10/h1-7,12-13H,8H2. The summed E-state index contributed by atoms with van der Waals surface area (Å²) in [5, 5.41) is 4.63. The van der Waals surface area contributed by atoms with Crippen molar-refractivity contribution >= 4 is 26.9 Å². The molecule has 1 aromatic carbocycles. The van der Waals surface area contributed by atoms with E-state index in [0.29, 0.717) is 17.1 Å². The van der Waals surface area contributed by atoms with E-state index in [1.54, 1.807) is 18.2 Å². The van der Waals surface area contributed by atoms with Gasteiger partial charge in [0, 0.05) is 11.4 Å². The van der Waals surface area contributed by atoms with E-state index >= 15 is 0 Å². The van der Waals surface area contributed by atoms with Crippen LogP contribution in [0.5, 0.6) is 0 Å². The van der Waals surface area contributed by atoms with Gasteiger partial charge in [0.15, 0.2) is 9.84 Å². The molecule has 17 heavy (non-hydrogen) atoms. The molecule has 0 bridgehead atoms. The van der Waals surface area contributed by atoms with Gasteiger partial charge in [-0.15, -0.1) is 11.3 Å². The molecule has 1 aliphatic heterocycles. The molecule has 1 N–H and O–H groups in total. The Balaban J connectivity index is 2.15. The highest BCUT2D eigenvalue weighted by molar-refractivity contribution is 7.92. The molecule has 88 valence electrons. The predicted octanol–water partition coefficient (Wildman–Crippen LogP) is 2.69. The van der Waals surface area contributed by atoms with E-state index in [1.165, 1.54) is 11.3 Å². The summed E-state index contributed by atoms with van der Waals surface area (Å²) >= 11 is 1.49. The number of anilines is 1. The van der Waals surface area contributed by atoms with E-state index in [2.05, 4.69) is 5.32 Å². The maximum absolute atomic E-state index is 12.5. The Hall–Kier alpha value is -1.33. The van der Waals surface area contributed by atoms with Gasteiger partial charge in [-0.05, 0) is 23.6 Å². The van der Waals surface area contributed by atoms with E-state index in [1.807, 2.05) is 23.6 Å². The quantitative estimate of drug-likeness (QED) is 0.862. The van der Waals surface area contributed by atoms with Crippen LogP contribution in [-0.4, -0.2) is 15.0 Å². The first-order chi connectivity index (χ1) is 8.19. The third-order valence-corrected chi connectivity index (χ3v) is 6.18. The van der Waals surface area contributed by atoms with Crippen LogP contribution in [0.2, 0.25) is 0 Å². The Morgan fingerprint density at radius 2 is 2.00 bits per heavy atom. The highest BCUT2D eigenvalue weighted by Crippen LogP contribution is 2.38. The van der Waals surface area contributed by atoms with Crippen LogP contribution in [0.1, 0.15) is 10.1 Å². The molecule has 0 fully saturated rings. The molecule has 1 aliphatic rings.